The highest BCUT2D eigenvalue weighted by Gasteiger charge is 2.22. The van der Waals surface area contributed by atoms with Crippen molar-refractivity contribution in [2.75, 3.05) is 0 Å². The van der Waals surface area contributed by atoms with E-state index in [1.807, 2.05) is 0 Å². The van der Waals surface area contributed by atoms with E-state index >= 15 is 0 Å². The van der Waals surface area contributed by atoms with Crippen molar-refractivity contribution in [3.8, 4) is 5.75 Å². The third kappa shape index (κ3) is 1.95. The predicted molar refractivity (Wildman–Crippen MR) is 72.3 cm³/mol. The van der Waals surface area contributed by atoms with Crippen LogP contribution in [0.25, 0.3) is 0 Å². The molecule has 0 unspecified atom stereocenters. The van der Waals surface area contributed by atoms with E-state index in [2.05, 4.69) is 0 Å². The summed E-state index contributed by atoms with van der Waals surface area (Å²) in [5, 5.41) is 18.5. The summed E-state index contributed by atoms with van der Waals surface area (Å²) in [6.07, 6.45) is 1.26. The van der Waals surface area contributed by atoms with Crippen molar-refractivity contribution in [3.63, 3.8) is 0 Å². The smallest absolute Gasteiger partial charge is 0.335 e. The maximum atomic E-state index is 12.5. The maximum Gasteiger partial charge on any atom is 0.335 e. The van der Waals surface area contributed by atoms with E-state index in [0.29, 0.717) is 24.0 Å². The number of hydrogen-bond donors (Lipinski definition) is 2. The van der Waals surface area contributed by atoms with Gasteiger partial charge in [0.05, 0.1) is 5.56 Å². The molecule has 0 saturated carbocycles. The lowest BCUT2D eigenvalue weighted by Crippen LogP contribution is -2.06. The van der Waals surface area contributed by atoms with E-state index < -0.39 is 5.97 Å². The summed E-state index contributed by atoms with van der Waals surface area (Å²) >= 11 is 0. The predicted octanol–water partition coefficient (Wildman–Crippen LogP) is 2.42. The summed E-state index contributed by atoms with van der Waals surface area (Å²) in [6.45, 7) is 0. The summed E-state index contributed by atoms with van der Waals surface area (Å²) in [5.74, 6) is -1.11. The Kier molecular flexibility index (Phi) is 2.79. The molecule has 0 amide bonds. The Morgan fingerprint density at radius 3 is 2.45 bits per heavy atom. The topological polar surface area (TPSA) is 74.6 Å². The minimum absolute atomic E-state index is 0.0581. The van der Waals surface area contributed by atoms with Gasteiger partial charge in [0.1, 0.15) is 5.75 Å². The van der Waals surface area contributed by atoms with Crippen LogP contribution in [0.1, 0.15) is 37.4 Å². The molecule has 0 heterocycles. The number of aromatic carboxylic acids is 1. The number of rotatable bonds is 1. The fourth-order valence-corrected chi connectivity index (χ4v) is 2.56. The quantitative estimate of drug-likeness (QED) is 0.833. The zero-order valence-electron chi connectivity index (χ0n) is 10.6. The SMILES string of the molecule is O=C(O)c1ccc2c(c1)CCc1ccc(O)cc1C2=O. The molecule has 0 radical (unpaired) electrons. The Morgan fingerprint density at radius 1 is 0.950 bits per heavy atom. The fourth-order valence-electron chi connectivity index (χ4n) is 2.56. The summed E-state index contributed by atoms with van der Waals surface area (Å²) in [5.41, 5.74) is 2.81. The van der Waals surface area contributed by atoms with Crippen LogP contribution >= 0.6 is 0 Å². The number of benzene rings is 2. The Hall–Kier alpha value is -2.62. The average Bonchev–Trinajstić information content (AvgIpc) is 2.57. The molecule has 0 fully saturated rings. The van der Waals surface area contributed by atoms with Gasteiger partial charge >= 0.3 is 5.97 Å². The number of hydrogen-bond acceptors (Lipinski definition) is 3. The van der Waals surface area contributed by atoms with Gasteiger partial charge in [-0.05, 0) is 54.3 Å². The molecule has 2 N–H and O–H groups in total. The number of ketones is 1. The van der Waals surface area contributed by atoms with Gasteiger partial charge in [0.2, 0.25) is 0 Å². The minimum atomic E-state index is -1.00. The zero-order valence-corrected chi connectivity index (χ0v) is 10.6. The monoisotopic (exact) mass is 268 g/mol. The molecule has 0 aromatic heterocycles. The molecule has 0 saturated heterocycles. The second kappa shape index (κ2) is 4.49. The Morgan fingerprint density at radius 2 is 1.70 bits per heavy atom. The van der Waals surface area contributed by atoms with Crippen LogP contribution in [0, 0.1) is 0 Å². The van der Waals surface area contributed by atoms with Gasteiger partial charge in [-0.25, -0.2) is 4.79 Å². The second-order valence-corrected chi connectivity index (χ2v) is 4.85. The molecular weight excluding hydrogens is 256 g/mol. The van der Waals surface area contributed by atoms with Gasteiger partial charge in [-0.1, -0.05) is 6.07 Å². The van der Waals surface area contributed by atoms with Crippen LogP contribution in [0.15, 0.2) is 36.4 Å². The molecule has 0 aliphatic heterocycles. The van der Waals surface area contributed by atoms with Gasteiger partial charge in [-0.15, -0.1) is 0 Å². The summed E-state index contributed by atoms with van der Waals surface area (Å²) < 4.78 is 0. The van der Waals surface area contributed by atoms with E-state index in [-0.39, 0.29) is 17.1 Å². The lowest BCUT2D eigenvalue weighted by Gasteiger charge is -2.06. The average molecular weight is 268 g/mol. The van der Waals surface area contributed by atoms with Crippen molar-refractivity contribution < 1.29 is 19.8 Å². The third-order valence-corrected chi connectivity index (χ3v) is 3.60. The molecule has 4 nitrogen and oxygen atoms in total. The molecular formula is C16H12O4. The van der Waals surface area contributed by atoms with Gasteiger partial charge in [0.25, 0.3) is 0 Å². The van der Waals surface area contributed by atoms with Crippen molar-refractivity contribution in [2.45, 2.75) is 12.8 Å². The standard InChI is InChI=1S/C16H12O4/c17-12-5-3-9-1-2-10-7-11(16(19)20)4-6-13(10)15(18)14(9)8-12/h3-8,17H,1-2H2,(H,19,20). The van der Waals surface area contributed by atoms with Crippen molar-refractivity contribution in [2.24, 2.45) is 0 Å². The lowest BCUT2D eigenvalue weighted by molar-refractivity contribution is 0.0696. The number of aromatic hydroxyl groups is 1. The number of aryl methyl sites for hydroxylation is 2. The normalized spacial score (nSPS) is 13.3. The second-order valence-electron chi connectivity index (χ2n) is 4.85. The molecule has 4 heteroatoms. The summed E-state index contributed by atoms with van der Waals surface area (Å²) in [4.78, 5) is 23.5. The van der Waals surface area contributed by atoms with Crippen LogP contribution in [0.5, 0.6) is 5.75 Å². The van der Waals surface area contributed by atoms with Crippen LogP contribution in [0.3, 0.4) is 0 Å². The number of carbonyl (C=O) groups is 2. The van der Waals surface area contributed by atoms with Gasteiger partial charge in [-0.2, -0.15) is 0 Å². The minimum Gasteiger partial charge on any atom is -0.508 e. The first-order valence-electron chi connectivity index (χ1n) is 6.29. The van der Waals surface area contributed by atoms with E-state index in [1.165, 1.54) is 12.1 Å². The highest BCUT2D eigenvalue weighted by Crippen LogP contribution is 2.27. The zero-order chi connectivity index (χ0) is 14.3. The van der Waals surface area contributed by atoms with E-state index in [0.717, 1.165) is 11.1 Å². The first-order chi connectivity index (χ1) is 9.56. The molecule has 2 aromatic carbocycles. The number of carboxylic acids is 1. The highest BCUT2D eigenvalue weighted by molar-refractivity contribution is 6.11. The van der Waals surface area contributed by atoms with Crippen molar-refractivity contribution in [1.82, 2.24) is 0 Å². The molecule has 0 bridgehead atoms. The largest absolute Gasteiger partial charge is 0.508 e. The molecule has 3 rings (SSSR count). The number of carboxylic acid groups (broad SMARTS) is 1. The number of phenolic OH excluding ortho intramolecular Hbond substituents is 1. The first-order valence-corrected chi connectivity index (χ1v) is 6.29. The van der Waals surface area contributed by atoms with Crippen LogP contribution in [-0.2, 0) is 12.8 Å². The van der Waals surface area contributed by atoms with Crippen molar-refractivity contribution in [1.29, 1.82) is 0 Å². The van der Waals surface area contributed by atoms with Gasteiger partial charge in [0, 0.05) is 11.1 Å². The molecule has 20 heavy (non-hydrogen) atoms. The molecule has 1 aliphatic rings. The maximum absolute atomic E-state index is 12.5. The van der Waals surface area contributed by atoms with Crippen molar-refractivity contribution >= 4 is 11.8 Å². The molecule has 0 spiro atoms. The molecule has 1 aliphatic carbocycles. The highest BCUT2D eigenvalue weighted by atomic mass is 16.4. The third-order valence-electron chi connectivity index (χ3n) is 3.60. The van der Waals surface area contributed by atoms with Gasteiger partial charge in [0.15, 0.2) is 5.78 Å². The van der Waals surface area contributed by atoms with Crippen LogP contribution < -0.4 is 0 Å². The first kappa shape index (κ1) is 12.4. The van der Waals surface area contributed by atoms with E-state index in [4.69, 9.17) is 5.11 Å². The Labute approximate surface area is 115 Å². The van der Waals surface area contributed by atoms with Gasteiger partial charge < -0.3 is 10.2 Å². The summed E-state index contributed by atoms with van der Waals surface area (Å²) in [7, 11) is 0. The number of carbonyl (C=O) groups excluding carboxylic acids is 1. The Balaban J connectivity index is 2.15. The van der Waals surface area contributed by atoms with Crippen LogP contribution in [-0.4, -0.2) is 22.0 Å². The Bertz CT molecular complexity index is 731. The lowest BCUT2D eigenvalue weighted by atomic mass is 9.97. The van der Waals surface area contributed by atoms with E-state index in [9.17, 15) is 14.7 Å². The van der Waals surface area contributed by atoms with Gasteiger partial charge in [-0.3, -0.25) is 4.79 Å². The number of phenols is 1. The summed E-state index contributed by atoms with van der Waals surface area (Å²) in [6, 6.07) is 9.32. The molecule has 0 atom stereocenters. The molecule has 2 aromatic rings. The van der Waals surface area contributed by atoms with Crippen molar-refractivity contribution in [3.05, 3.63) is 64.2 Å². The fraction of sp³-hybridized carbons (Fsp3) is 0.125. The number of fused-ring (bicyclic) bond motifs is 2. The van der Waals surface area contributed by atoms with E-state index in [1.54, 1.807) is 24.3 Å². The molecule has 100 valence electrons. The van der Waals surface area contributed by atoms with Crippen LogP contribution in [0.4, 0.5) is 0 Å². The van der Waals surface area contributed by atoms with Crippen LogP contribution in [0.2, 0.25) is 0 Å².